The maximum absolute atomic E-state index is 12.7. The van der Waals surface area contributed by atoms with E-state index in [0.717, 1.165) is 46.0 Å². The van der Waals surface area contributed by atoms with Crippen molar-refractivity contribution in [1.82, 2.24) is 9.97 Å². The third-order valence-electron chi connectivity index (χ3n) is 5.73. The Morgan fingerprint density at radius 2 is 1.86 bits per heavy atom. The molecule has 0 atom stereocenters. The zero-order valence-electron chi connectivity index (χ0n) is 21.6. The lowest BCUT2D eigenvalue weighted by molar-refractivity contribution is 0.0464. The number of nitrogens with one attached hydrogen (secondary N) is 1. The third-order valence-corrected chi connectivity index (χ3v) is 6.91. The number of ether oxygens (including phenoxy) is 4. The van der Waals surface area contributed by atoms with Crippen molar-refractivity contribution in [3.63, 3.8) is 0 Å². The summed E-state index contributed by atoms with van der Waals surface area (Å²) in [5, 5.41) is 4.22. The van der Waals surface area contributed by atoms with Crippen LogP contribution in [-0.4, -0.2) is 62.1 Å². The topological polar surface area (TPSA) is 95.0 Å². The van der Waals surface area contributed by atoms with Gasteiger partial charge in [-0.2, -0.15) is 0 Å². The molecule has 1 saturated heterocycles. The molecular formula is C26H34N4O5S. The lowest BCUT2D eigenvalue weighted by atomic mass is 10.1. The van der Waals surface area contributed by atoms with E-state index in [1.807, 2.05) is 46.8 Å². The van der Waals surface area contributed by atoms with Gasteiger partial charge in [0, 0.05) is 25.2 Å². The molecule has 3 aromatic rings. The summed E-state index contributed by atoms with van der Waals surface area (Å²) in [6.07, 6.45) is 1.50. The van der Waals surface area contributed by atoms with E-state index in [4.69, 9.17) is 18.9 Å². The van der Waals surface area contributed by atoms with Gasteiger partial charge in [-0.05, 0) is 32.3 Å². The molecule has 2 aromatic heterocycles. The fourth-order valence-electron chi connectivity index (χ4n) is 4.04. The molecule has 0 saturated carbocycles. The molecule has 194 valence electrons. The van der Waals surface area contributed by atoms with Crippen molar-refractivity contribution < 1.29 is 23.7 Å². The Hall–Kier alpha value is -3.11. The summed E-state index contributed by atoms with van der Waals surface area (Å²) in [4.78, 5) is 25.1. The van der Waals surface area contributed by atoms with Gasteiger partial charge in [0.05, 0.1) is 49.8 Å². The highest BCUT2D eigenvalue weighted by molar-refractivity contribution is 7.20. The van der Waals surface area contributed by atoms with Crippen molar-refractivity contribution in [3.8, 4) is 11.5 Å². The number of carbonyl (C=O) groups is 1. The molecule has 9 nitrogen and oxygen atoms in total. The van der Waals surface area contributed by atoms with E-state index in [1.54, 1.807) is 0 Å². The molecule has 10 heteroatoms. The second-order valence-electron chi connectivity index (χ2n) is 8.86. The number of nitrogens with zero attached hydrogens (tertiary/aromatic N) is 3. The molecule has 0 radical (unpaired) electrons. The van der Waals surface area contributed by atoms with Crippen LogP contribution >= 0.6 is 11.3 Å². The molecule has 0 amide bonds. The van der Waals surface area contributed by atoms with E-state index in [0.29, 0.717) is 49.5 Å². The molecular weight excluding hydrogens is 480 g/mol. The predicted octanol–water partition coefficient (Wildman–Crippen LogP) is 5.19. The highest BCUT2D eigenvalue weighted by atomic mass is 32.1. The van der Waals surface area contributed by atoms with Gasteiger partial charge in [-0.15, -0.1) is 11.3 Å². The summed E-state index contributed by atoms with van der Waals surface area (Å²) in [7, 11) is 0. The molecule has 1 aromatic carbocycles. The lowest BCUT2D eigenvalue weighted by Crippen LogP contribution is -2.36. The average Bonchev–Trinajstić information content (AvgIpc) is 3.22. The highest BCUT2D eigenvalue weighted by Crippen LogP contribution is 2.42. The van der Waals surface area contributed by atoms with Crippen LogP contribution < -0.4 is 19.7 Å². The summed E-state index contributed by atoms with van der Waals surface area (Å²) < 4.78 is 23.1. The first-order chi connectivity index (χ1) is 17.4. The molecule has 1 aliphatic rings. The summed E-state index contributed by atoms with van der Waals surface area (Å²) in [6.45, 7) is 14.2. The fraction of sp³-hybridized carbons (Fsp3) is 0.500. The summed E-state index contributed by atoms with van der Waals surface area (Å²) >= 11 is 1.32. The van der Waals surface area contributed by atoms with Crippen LogP contribution in [0.15, 0.2) is 18.5 Å². The minimum atomic E-state index is -0.335. The molecule has 1 fully saturated rings. The van der Waals surface area contributed by atoms with Crippen LogP contribution in [0.4, 0.5) is 17.2 Å². The van der Waals surface area contributed by atoms with E-state index in [1.165, 1.54) is 17.7 Å². The van der Waals surface area contributed by atoms with E-state index in [9.17, 15) is 4.79 Å². The van der Waals surface area contributed by atoms with E-state index >= 15 is 0 Å². The van der Waals surface area contributed by atoms with Crippen molar-refractivity contribution in [3.05, 3.63) is 28.9 Å². The number of benzene rings is 1. The lowest BCUT2D eigenvalue weighted by Gasteiger charge is -2.31. The number of morpholine rings is 1. The number of anilines is 3. The van der Waals surface area contributed by atoms with Crippen LogP contribution in [-0.2, 0) is 9.47 Å². The second-order valence-corrected chi connectivity index (χ2v) is 9.86. The number of esters is 1. The number of thiophene rings is 1. The quantitative estimate of drug-likeness (QED) is 0.367. The highest BCUT2D eigenvalue weighted by Gasteiger charge is 2.23. The van der Waals surface area contributed by atoms with Gasteiger partial charge in [-0.3, -0.25) is 0 Å². The Bertz CT molecular complexity index is 1210. The first-order valence-electron chi connectivity index (χ1n) is 12.4. The predicted molar refractivity (Wildman–Crippen MR) is 142 cm³/mol. The van der Waals surface area contributed by atoms with Crippen LogP contribution in [0.3, 0.4) is 0 Å². The third kappa shape index (κ3) is 5.65. The van der Waals surface area contributed by atoms with E-state index in [-0.39, 0.29) is 11.9 Å². The first kappa shape index (κ1) is 26.0. The normalized spacial score (nSPS) is 13.8. The van der Waals surface area contributed by atoms with Gasteiger partial charge in [0.15, 0.2) is 0 Å². The molecule has 0 spiro atoms. The number of carbonyl (C=O) groups excluding carboxylic acids is 1. The maximum Gasteiger partial charge on any atom is 0.348 e. The summed E-state index contributed by atoms with van der Waals surface area (Å²) in [5.41, 5.74) is 2.50. The Balaban J connectivity index is 1.73. The number of hydrogen-bond donors (Lipinski definition) is 1. The number of aromatic nitrogens is 2. The fourth-order valence-corrected chi connectivity index (χ4v) is 5.08. The SMILES string of the molecule is CCOc1cc(N2CCOCC2)c(OCC)cc1Nc1ncnc2sc(C(=O)OCC(C)C)c(C)c12. The Kier molecular flexibility index (Phi) is 8.48. The average molecular weight is 515 g/mol. The minimum Gasteiger partial charge on any atom is -0.492 e. The van der Waals surface area contributed by atoms with Gasteiger partial charge in [0.1, 0.15) is 33.4 Å². The Labute approximate surface area is 215 Å². The number of aryl methyl sites for hydroxylation is 1. The van der Waals surface area contributed by atoms with Crippen LogP contribution in [0.1, 0.15) is 42.9 Å². The Morgan fingerprint density at radius 3 is 2.56 bits per heavy atom. The standard InChI is InChI=1S/C26H34N4O5S/c1-6-33-20-13-19(30-8-10-32-11-9-30)21(34-7-2)12-18(20)29-24-22-17(5)23(26(31)35-14-16(3)4)36-25(22)28-15-27-24/h12-13,15-16H,6-11,14H2,1-5H3,(H,27,28,29). The smallest absolute Gasteiger partial charge is 0.348 e. The number of hydrogen-bond acceptors (Lipinski definition) is 10. The minimum absolute atomic E-state index is 0.262. The molecule has 1 aliphatic heterocycles. The first-order valence-corrected chi connectivity index (χ1v) is 13.2. The summed E-state index contributed by atoms with van der Waals surface area (Å²) in [6, 6.07) is 3.96. The number of fused-ring (bicyclic) bond motifs is 1. The van der Waals surface area contributed by atoms with Crippen molar-refractivity contribution in [2.75, 3.05) is 56.3 Å². The molecule has 1 N–H and O–H groups in total. The monoisotopic (exact) mass is 514 g/mol. The van der Waals surface area contributed by atoms with Gasteiger partial charge < -0.3 is 29.2 Å². The molecule has 0 aliphatic carbocycles. The summed E-state index contributed by atoms with van der Waals surface area (Å²) in [5.74, 6) is 1.98. The van der Waals surface area contributed by atoms with Crippen LogP contribution in [0.5, 0.6) is 11.5 Å². The van der Waals surface area contributed by atoms with Crippen molar-refractivity contribution >= 4 is 44.7 Å². The second kappa shape index (κ2) is 11.7. The zero-order valence-corrected chi connectivity index (χ0v) is 22.4. The molecule has 36 heavy (non-hydrogen) atoms. The van der Waals surface area contributed by atoms with E-state index in [2.05, 4.69) is 20.2 Å². The Morgan fingerprint density at radius 1 is 1.14 bits per heavy atom. The molecule has 4 rings (SSSR count). The van der Waals surface area contributed by atoms with Crippen LogP contribution in [0, 0.1) is 12.8 Å². The van der Waals surface area contributed by atoms with Gasteiger partial charge in [0.25, 0.3) is 0 Å². The van der Waals surface area contributed by atoms with Crippen molar-refractivity contribution in [2.24, 2.45) is 5.92 Å². The molecule has 0 bridgehead atoms. The zero-order chi connectivity index (χ0) is 25.7. The van der Waals surface area contributed by atoms with Crippen molar-refractivity contribution in [1.29, 1.82) is 0 Å². The molecule has 3 heterocycles. The van der Waals surface area contributed by atoms with Gasteiger partial charge in [-0.25, -0.2) is 14.8 Å². The largest absolute Gasteiger partial charge is 0.492 e. The maximum atomic E-state index is 12.7. The van der Waals surface area contributed by atoms with Gasteiger partial charge in [-0.1, -0.05) is 13.8 Å². The molecule has 0 unspecified atom stereocenters. The van der Waals surface area contributed by atoms with Crippen LogP contribution in [0.2, 0.25) is 0 Å². The van der Waals surface area contributed by atoms with E-state index < -0.39 is 0 Å². The van der Waals surface area contributed by atoms with Crippen molar-refractivity contribution in [2.45, 2.75) is 34.6 Å². The van der Waals surface area contributed by atoms with Gasteiger partial charge >= 0.3 is 5.97 Å². The van der Waals surface area contributed by atoms with Crippen LogP contribution in [0.25, 0.3) is 10.2 Å². The van der Waals surface area contributed by atoms with Gasteiger partial charge in [0.2, 0.25) is 0 Å². The number of rotatable bonds is 10.